The number of sulfonamides is 1. The van der Waals surface area contributed by atoms with Crippen LogP contribution in [0.4, 0.5) is 0 Å². The third-order valence-electron chi connectivity index (χ3n) is 5.45. The number of ether oxygens (including phenoxy) is 1. The second-order valence-corrected chi connectivity index (χ2v) is 9.75. The second-order valence-electron chi connectivity index (χ2n) is 7.63. The van der Waals surface area contributed by atoms with Crippen LogP contribution in [0.2, 0.25) is 5.02 Å². The van der Waals surface area contributed by atoms with Gasteiger partial charge in [-0.05, 0) is 43.9 Å². The monoisotopic (exact) mass is 428 g/mol. The third kappa shape index (κ3) is 5.84. The number of rotatable bonds is 6. The fraction of sp³-hybridized carbons (Fsp3) is 0.650. The van der Waals surface area contributed by atoms with Gasteiger partial charge in [-0.2, -0.15) is 0 Å². The Bertz CT molecular complexity index is 770. The van der Waals surface area contributed by atoms with E-state index in [1.807, 2.05) is 4.90 Å². The molecular formula is C20H29ClN2O4S. The molecule has 156 valence electrons. The first-order valence-electron chi connectivity index (χ1n) is 10.2. The molecule has 2 fully saturated rings. The number of halogens is 1. The minimum absolute atomic E-state index is 0.0142. The number of likely N-dealkylation sites (tertiary alicyclic amines) is 1. The van der Waals surface area contributed by atoms with Gasteiger partial charge < -0.3 is 9.64 Å². The third-order valence-corrected chi connectivity index (χ3v) is 7.26. The van der Waals surface area contributed by atoms with Crippen molar-refractivity contribution >= 4 is 27.5 Å². The topological polar surface area (TPSA) is 75.7 Å². The summed E-state index contributed by atoms with van der Waals surface area (Å²) in [6.07, 6.45) is 9.34. The van der Waals surface area contributed by atoms with E-state index in [9.17, 15) is 13.2 Å². The van der Waals surface area contributed by atoms with Crippen LogP contribution in [0, 0.1) is 0 Å². The molecule has 0 unspecified atom stereocenters. The SMILES string of the molecule is O=C(COc1ccc(S(=O)(=O)NC2CCCCC2)cc1Cl)N1CCCCCC1. The number of hydrogen-bond donors (Lipinski definition) is 1. The molecule has 0 aromatic heterocycles. The quantitative estimate of drug-likeness (QED) is 0.748. The summed E-state index contributed by atoms with van der Waals surface area (Å²) in [5.41, 5.74) is 0. The molecule has 1 saturated heterocycles. The highest BCUT2D eigenvalue weighted by Crippen LogP contribution is 2.28. The van der Waals surface area contributed by atoms with E-state index in [1.54, 1.807) is 0 Å². The number of hydrogen-bond acceptors (Lipinski definition) is 4. The maximum Gasteiger partial charge on any atom is 0.260 e. The van der Waals surface area contributed by atoms with Crippen LogP contribution in [0.25, 0.3) is 0 Å². The van der Waals surface area contributed by atoms with Gasteiger partial charge in [-0.3, -0.25) is 4.79 Å². The van der Waals surface area contributed by atoms with E-state index in [-0.39, 0.29) is 28.5 Å². The molecule has 1 aliphatic heterocycles. The van der Waals surface area contributed by atoms with E-state index in [0.717, 1.165) is 70.9 Å². The fourth-order valence-corrected chi connectivity index (χ4v) is 5.46. The van der Waals surface area contributed by atoms with E-state index in [2.05, 4.69) is 4.72 Å². The number of carbonyl (C=O) groups excluding carboxylic acids is 1. The van der Waals surface area contributed by atoms with Crippen molar-refractivity contribution in [1.29, 1.82) is 0 Å². The molecule has 1 N–H and O–H groups in total. The summed E-state index contributed by atoms with van der Waals surface area (Å²) in [6, 6.07) is 4.37. The van der Waals surface area contributed by atoms with Gasteiger partial charge in [0.1, 0.15) is 5.75 Å². The summed E-state index contributed by atoms with van der Waals surface area (Å²) in [5.74, 6) is 0.259. The predicted molar refractivity (Wildman–Crippen MR) is 109 cm³/mol. The molecule has 6 nitrogen and oxygen atoms in total. The normalized spacial score (nSPS) is 19.2. The first-order valence-corrected chi connectivity index (χ1v) is 12.0. The zero-order valence-electron chi connectivity index (χ0n) is 16.2. The Morgan fingerprint density at radius 2 is 1.71 bits per heavy atom. The van der Waals surface area contributed by atoms with Crippen LogP contribution in [-0.2, 0) is 14.8 Å². The van der Waals surface area contributed by atoms with Crippen molar-refractivity contribution in [1.82, 2.24) is 9.62 Å². The smallest absolute Gasteiger partial charge is 0.260 e. The van der Waals surface area contributed by atoms with Crippen molar-refractivity contribution in [3.63, 3.8) is 0 Å². The minimum Gasteiger partial charge on any atom is -0.482 e. The maximum atomic E-state index is 12.6. The zero-order valence-corrected chi connectivity index (χ0v) is 17.7. The van der Waals surface area contributed by atoms with Gasteiger partial charge in [-0.1, -0.05) is 43.7 Å². The van der Waals surface area contributed by atoms with Gasteiger partial charge in [0.25, 0.3) is 5.91 Å². The van der Waals surface area contributed by atoms with Crippen molar-refractivity contribution in [3.8, 4) is 5.75 Å². The molecule has 0 bridgehead atoms. The van der Waals surface area contributed by atoms with Crippen LogP contribution in [-0.4, -0.2) is 45.0 Å². The summed E-state index contributed by atoms with van der Waals surface area (Å²) >= 11 is 6.23. The molecule has 1 aliphatic carbocycles. The Balaban J connectivity index is 1.59. The van der Waals surface area contributed by atoms with Crippen LogP contribution in [0.15, 0.2) is 23.1 Å². The maximum absolute atomic E-state index is 12.6. The molecule has 3 rings (SSSR count). The van der Waals surface area contributed by atoms with Crippen molar-refractivity contribution in [2.75, 3.05) is 19.7 Å². The Morgan fingerprint density at radius 3 is 2.36 bits per heavy atom. The standard InChI is InChI=1S/C20H29ClN2O4S/c21-18-14-17(28(25,26)22-16-8-4-3-5-9-16)10-11-19(18)27-15-20(24)23-12-6-1-2-7-13-23/h10-11,14,16,22H,1-9,12-13,15H2. The first-order chi connectivity index (χ1) is 13.5. The van der Waals surface area contributed by atoms with E-state index >= 15 is 0 Å². The molecule has 1 heterocycles. The van der Waals surface area contributed by atoms with Crippen molar-refractivity contribution in [3.05, 3.63) is 23.2 Å². The Hall–Kier alpha value is -1.31. The number of nitrogens with one attached hydrogen (secondary N) is 1. The van der Waals surface area contributed by atoms with Gasteiger partial charge in [0, 0.05) is 19.1 Å². The van der Waals surface area contributed by atoms with Gasteiger partial charge in [-0.25, -0.2) is 13.1 Å². The first kappa shape index (κ1) is 21.4. The summed E-state index contributed by atoms with van der Waals surface area (Å²) in [7, 11) is -3.62. The van der Waals surface area contributed by atoms with Crippen molar-refractivity contribution < 1.29 is 17.9 Å². The van der Waals surface area contributed by atoms with Gasteiger partial charge in [0.05, 0.1) is 9.92 Å². The van der Waals surface area contributed by atoms with E-state index in [0.29, 0.717) is 5.75 Å². The Morgan fingerprint density at radius 1 is 1.07 bits per heavy atom. The van der Waals surface area contributed by atoms with Gasteiger partial charge in [-0.15, -0.1) is 0 Å². The number of benzene rings is 1. The molecule has 1 amide bonds. The predicted octanol–water partition coefficient (Wildman–Crippen LogP) is 3.73. The second kappa shape index (κ2) is 9.94. The van der Waals surface area contributed by atoms with Gasteiger partial charge in [0.2, 0.25) is 10.0 Å². The van der Waals surface area contributed by atoms with Gasteiger partial charge >= 0.3 is 0 Å². The van der Waals surface area contributed by atoms with Crippen LogP contribution in [0.3, 0.4) is 0 Å². The van der Waals surface area contributed by atoms with Crippen LogP contribution < -0.4 is 9.46 Å². The molecule has 28 heavy (non-hydrogen) atoms. The molecule has 0 radical (unpaired) electrons. The van der Waals surface area contributed by atoms with E-state index < -0.39 is 10.0 Å². The fourth-order valence-electron chi connectivity index (χ4n) is 3.82. The number of nitrogens with zero attached hydrogens (tertiary/aromatic N) is 1. The highest BCUT2D eigenvalue weighted by Gasteiger charge is 2.23. The Labute approximate surface area is 172 Å². The lowest BCUT2D eigenvalue weighted by atomic mass is 9.96. The zero-order chi connectivity index (χ0) is 20.0. The van der Waals surface area contributed by atoms with Crippen LogP contribution in [0.5, 0.6) is 5.75 Å². The lowest BCUT2D eigenvalue weighted by Crippen LogP contribution is -2.36. The molecular weight excluding hydrogens is 400 g/mol. The lowest BCUT2D eigenvalue weighted by molar-refractivity contribution is -0.133. The summed E-state index contributed by atoms with van der Waals surface area (Å²) in [6.45, 7) is 1.44. The highest BCUT2D eigenvalue weighted by atomic mass is 35.5. The molecule has 0 spiro atoms. The Kier molecular flexibility index (Phi) is 7.60. The largest absolute Gasteiger partial charge is 0.482 e. The van der Waals surface area contributed by atoms with Crippen LogP contribution in [0.1, 0.15) is 57.8 Å². The average Bonchev–Trinajstić information content (AvgIpc) is 2.97. The molecule has 2 aliphatic rings. The highest BCUT2D eigenvalue weighted by molar-refractivity contribution is 7.89. The number of carbonyl (C=O) groups is 1. The number of amides is 1. The average molecular weight is 429 g/mol. The molecule has 0 atom stereocenters. The van der Waals surface area contributed by atoms with E-state index in [4.69, 9.17) is 16.3 Å². The van der Waals surface area contributed by atoms with E-state index in [1.165, 1.54) is 18.2 Å². The lowest BCUT2D eigenvalue weighted by Gasteiger charge is -2.23. The molecule has 1 aromatic rings. The molecule has 1 aromatic carbocycles. The molecule has 8 heteroatoms. The summed E-state index contributed by atoms with van der Waals surface area (Å²) in [4.78, 5) is 14.3. The van der Waals surface area contributed by atoms with Crippen molar-refractivity contribution in [2.24, 2.45) is 0 Å². The van der Waals surface area contributed by atoms with Crippen LogP contribution >= 0.6 is 11.6 Å². The summed E-state index contributed by atoms with van der Waals surface area (Å²) in [5, 5.41) is 0.190. The minimum atomic E-state index is -3.62. The van der Waals surface area contributed by atoms with Crippen molar-refractivity contribution in [2.45, 2.75) is 68.7 Å². The van der Waals surface area contributed by atoms with Gasteiger partial charge in [0.15, 0.2) is 6.61 Å². The summed E-state index contributed by atoms with van der Waals surface area (Å²) < 4.78 is 33.5. The molecule has 1 saturated carbocycles.